The maximum atomic E-state index is 12.9. The molecule has 0 spiro atoms. The number of aromatic nitrogens is 1. The molecule has 0 amide bonds. The topological polar surface area (TPSA) is 71.4 Å². The highest BCUT2D eigenvalue weighted by atomic mass is 35.5. The minimum absolute atomic E-state index is 0.0286. The molecular formula is C17H21Cl3N2O3. The van der Waals surface area contributed by atoms with E-state index in [0.29, 0.717) is 6.61 Å². The minimum Gasteiger partial charge on any atom is -0.494 e. The number of halogens is 3. The van der Waals surface area contributed by atoms with Crippen LogP contribution in [0, 0.1) is 5.92 Å². The van der Waals surface area contributed by atoms with Crippen LogP contribution in [-0.2, 0) is 4.74 Å². The molecule has 0 radical (unpaired) electrons. The number of rotatable bonds is 9. The van der Waals surface area contributed by atoms with Crippen LogP contribution in [0.5, 0.6) is 0 Å². The first-order valence-electron chi connectivity index (χ1n) is 7.68. The Morgan fingerprint density at radius 1 is 1.40 bits per heavy atom. The summed E-state index contributed by atoms with van der Waals surface area (Å²) in [5, 5.41) is 12.6. The Balaban J connectivity index is 3.26. The number of carbonyl (C=O) groups is 1. The molecule has 0 unspecified atom stereocenters. The van der Waals surface area contributed by atoms with E-state index in [0.717, 1.165) is 0 Å². The van der Waals surface area contributed by atoms with Crippen molar-refractivity contribution in [2.75, 3.05) is 13.2 Å². The fourth-order valence-electron chi connectivity index (χ4n) is 1.90. The van der Waals surface area contributed by atoms with Crippen molar-refractivity contribution in [3.63, 3.8) is 0 Å². The summed E-state index contributed by atoms with van der Waals surface area (Å²) in [4.78, 5) is 16.8. The second-order valence-electron chi connectivity index (χ2n) is 5.53. The number of hydrogen-bond donors (Lipinski definition) is 2. The molecule has 5 nitrogen and oxygen atoms in total. The van der Waals surface area contributed by atoms with Crippen LogP contribution in [0.25, 0.3) is 0 Å². The summed E-state index contributed by atoms with van der Waals surface area (Å²) in [6.45, 7) is 9.66. The minimum atomic E-state index is -0.519. The molecule has 0 saturated heterocycles. The molecular weight excluding hydrogens is 387 g/mol. The molecule has 1 aromatic heterocycles. The van der Waals surface area contributed by atoms with Crippen molar-refractivity contribution in [3.05, 3.63) is 51.1 Å². The average Bonchev–Trinajstić information content (AvgIpc) is 2.54. The van der Waals surface area contributed by atoms with Crippen LogP contribution in [0.1, 0.15) is 31.3 Å². The first-order valence-corrected chi connectivity index (χ1v) is 8.81. The number of nitrogens with one attached hydrogen (secondary N) is 1. The Labute approximate surface area is 162 Å². The summed E-state index contributed by atoms with van der Waals surface area (Å²) in [5.74, 6) is -0.219. The maximum absolute atomic E-state index is 12.9. The normalized spacial score (nSPS) is 12.9. The fraction of sp³-hybridized carbons (Fsp3) is 0.412. The van der Waals surface area contributed by atoms with Gasteiger partial charge in [0, 0.05) is 6.20 Å². The van der Waals surface area contributed by atoms with Gasteiger partial charge in [0.1, 0.15) is 16.6 Å². The molecule has 25 heavy (non-hydrogen) atoms. The van der Waals surface area contributed by atoms with E-state index in [1.165, 1.54) is 12.3 Å². The maximum Gasteiger partial charge on any atom is 0.218 e. The lowest BCUT2D eigenvalue weighted by atomic mass is 10.0. The zero-order valence-electron chi connectivity index (χ0n) is 14.3. The molecule has 0 fully saturated rings. The molecule has 1 rings (SSSR count). The van der Waals surface area contributed by atoms with E-state index in [9.17, 15) is 9.90 Å². The molecule has 1 heterocycles. The molecule has 0 aromatic carbocycles. The summed E-state index contributed by atoms with van der Waals surface area (Å²) >= 11 is 17.8. The van der Waals surface area contributed by atoms with Crippen LogP contribution in [0.15, 0.2) is 30.2 Å². The van der Waals surface area contributed by atoms with Gasteiger partial charge in [-0.2, -0.15) is 0 Å². The Hall–Kier alpha value is -1.27. The quantitative estimate of drug-likeness (QED) is 0.210. The highest BCUT2D eigenvalue weighted by Crippen LogP contribution is 2.28. The second-order valence-corrected chi connectivity index (χ2v) is 6.71. The average molecular weight is 408 g/mol. The largest absolute Gasteiger partial charge is 0.494 e. The molecule has 0 aliphatic heterocycles. The number of nitrogens with zero attached hydrogens (tertiary/aromatic N) is 1. The van der Waals surface area contributed by atoms with Crippen LogP contribution >= 0.6 is 34.8 Å². The van der Waals surface area contributed by atoms with Crippen LogP contribution in [0.3, 0.4) is 0 Å². The van der Waals surface area contributed by atoms with Gasteiger partial charge in [-0.05, 0) is 18.9 Å². The number of carbonyl (C=O) groups excluding carboxylic acids is 1. The third-order valence-corrected chi connectivity index (χ3v) is 4.37. The van der Waals surface area contributed by atoms with Crippen LogP contribution < -0.4 is 5.32 Å². The van der Waals surface area contributed by atoms with Gasteiger partial charge in [-0.15, -0.1) is 0 Å². The van der Waals surface area contributed by atoms with E-state index in [4.69, 9.17) is 39.5 Å². The van der Waals surface area contributed by atoms with Gasteiger partial charge in [0.25, 0.3) is 0 Å². The smallest absolute Gasteiger partial charge is 0.218 e. The zero-order valence-corrected chi connectivity index (χ0v) is 16.5. The molecule has 138 valence electrons. The molecule has 8 heteroatoms. The monoisotopic (exact) mass is 406 g/mol. The summed E-state index contributed by atoms with van der Waals surface area (Å²) < 4.78 is 5.35. The van der Waals surface area contributed by atoms with E-state index in [2.05, 4.69) is 16.9 Å². The van der Waals surface area contributed by atoms with E-state index < -0.39 is 5.78 Å². The van der Waals surface area contributed by atoms with Crippen molar-refractivity contribution in [1.82, 2.24) is 10.3 Å². The van der Waals surface area contributed by atoms with Gasteiger partial charge in [0.2, 0.25) is 5.78 Å². The first-order chi connectivity index (χ1) is 11.7. The summed E-state index contributed by atoms with van der Waals surface area (Å²) in [5.41, 5.74) is 0.0730. The number of pyridine rings is 1. The van der Waals surface area contributed by atoms with Gasteiger partial charge in [0.05, 0.1) is 34.9 Å². The lowest BCUT2D eigenvalue weighted by Gasteiger charge is -2.20. The lowest BCUT2D eigenvalue weighted by molar-refractivity contribution is 0.101. The molecule has 1 atom stereocenters. The fourth-order valence-corrected chi connectivity index (χ4v) is 2.49. The Bertz CT molecular complexity index is 675. The number of aliphatic hydroxyl groups is 1. The molecule has 0 bridgehead atoms. The number of Topliss-reactive ketones (excluding diaryl/α,β-unsaturated/α-hetero) is 1. The summed E-state index contributed by atoms with van der Waals surface area (Å²) in [6, 6.07) is 1.11. The van der Waals surface area contributed by atoms with Crippen molar-refractivity contribution in [2.45, 2.75) is 26.8 Å². The second kappa shape index (κ2) is 10.0. The summed E-state index contributed by atoms with van der Waals surface area (Å²) in [6.07, 6.45) is 1.45. The Morgan fingerprint density at radius 3 is 2.56 bits per heavy atom. The van der Waals surface area contributed by atoms with E-state index in [1.54, 1.807) is 6.92 Å². The van der Waals surface area contributed by atoms with Crippen LogP contribution in [0.2, 0.25) is 15.2 Å². The number of ether oxygens (including phenoxy) is 1. The number of aliphatic hydroxyl groups excluding tert-OH is 1. The Kier molecular flexibility index (Phi) is 8.73. The van der Waals surface area contributed by atoms with Gasteiger partial charge >= 0.3 is 0 Å². The zero-order chi connectivity index (χ0) is 19.1. The Morgan fingerprint density at radius 2 is 2.04 bits per heavy atom. The SMILES string of the molecule is C=C(OCC)/C(=C\N[C@H](CO)C(C)C)C(=O)c1nc(Cl)c(Cl)cc1Cl. The van der Waals surface area contributed by atoms with E-state index in [-0.39, 0.29) is 50.8 Å². The highest BCUT2D eigenvalue weighted by molar-refractivity contribution is 6.43. The van der Waals surface area contributed by atoms with Gasteiger partial charge < -0.3 is 15.2 Å². The number of ketones is 1. The van der Waals surface area contributed by atoms with Gasteiger partial charge in [-0.1, -0.05) is 55.2 Å². The van der Waals surface area contributed by atoms with E-state index >= 15 is 0 Å². The van der Waals surface area contributed by atoms with Crippen molar-refractivity contribution < 1.29 is 14.6 Å². The van der Waals surface area contributed by atoms with Gasteiger partial charge in [-0.3, -0.25) is 4.79 Å². The summed E-state index contributed by atoms with van der Waals surface area (Å²) in [7, 11) is 0. The number of allylic oxidation sites excluding steroid dienone is 1. The molecule has 0 aliphatic carbocycles. The predicted octanol–water partition coefficient (Wildman–Crippen LogP) is 4.27. The molecule has 2 N–H and O–H groups in total. The molecule has 0 saturated carbocycles. The standard InChI is InChI=1S/C17H21Cl3N2O3/c1-5-25-10(4)11(7-21-14(8-23)9(2)3)16(24)15-12(18)6-13(19)17(20)22-15/h6-7,9,14,21,23H,4-5,8H2,1-3H3/b11-7+/t14-/m1/s1. The van der Waals surface area contributed by atoms with Crippen LogP contribution in [0.4, 0.5) is 0 Å². The third kappa shape index (κ3) is 5.89. The highest BCUT2D eigenvalue weighted by Gasteiger charge is 2.23. The molecule has 1 aromatic rings. The van der Waals surface area contributed by atoms with Crippen molar-refractivity contribution >= 4 is 40.6 Å². The number of hydrogen-bond acceptors (Lipinski definition) is 5. The van der Waals surface area contributed by atoms with Gasteiger partial charge in [0.15, 0.2) is 0 Å². The van der Waals surface area contributed by atoms with Crippen LogP contribution in [-0.4, -0.2) is 35.1 Å². The van der Waals surface area contributed by atoms with Gasteiger partial charge in [-0.25, -0.2) is 4.98 Å². The van der Waals surface area contributed by atoms with Crippen molar-refractivity contribution in [1.29, 1.82) is 0 Å². The lowest BCUT2D eigenvalue weighted by Crippen LogP contribution is -2.34. The van der Waals surface area contributed by atoms with Crippen molar-refractivity contribution in [2.24, 2.45) is 5.92 Å². The van der Waals surface area contributed by atoms with E-state index in [1.807, 2.05) is 13.8 Å². The third-order valence-electron chi connectivity index (χ3n) is 3.41. The first kappa shape index (κ1) is 21.8. The molecule has 0 aliphatic rings. The van der Waals surface area contributed by atoms with Crippen molar-refractivity contribution in [3.8, 4) is 0 Å². The predicted molar refractivity (Wildman–Crippen MR) is 101 cm³/mol.